The lowest BCUT2D eigenvalue weighted by Gasteiger charge is -2.05. The Kier molecular flexibility index (Phi) is 4.10. The molecule has 0 aliphatic heterocycles. The Bertz CT molecular complexity index is 1090. The number of rotatable bonds is 4. The summed E-state index contributed by atoms with van der Waals surface area (Å²) in [5.74, 6) is 1.22. The molecule has 0 aliphatic carbocycles. The van der Waals surface area contributed by atoms with Crippen molar-refractivity contribution in [1.29, 1.82) is 0 Å². The number of thiazole rings is 1. The number of hydrogen-bond donors (Lipinski definition) is 1. The van der Waals surface area contributed by atoms with Gasteiger partial charge in [0.15, 0.2) is 15.9 Å². The summed E-state index contributed by atoms with van der Waals surface area (Å²) >= 11 is 2.96. The molecule has 0 atom stereocenters. The molecule has 0 bridgehead atoms. The first-order valence-electron chi connectivity index (χ1n) is 7.57. The van der Waals surface area contributed by atoms with Crippen LogP contribution in [0.4, 0.5) is 5.13 Å². The van der Waals surface area contributed by atoms with Crippen LogP contribution in [0.3, 0.4) is 0 Å². The lowest BCUT2D eigenvalue weighted by molar-refractivity contribution is -0.114. The van der Waals surface area contributed by atoms with Crippen LogP contribution in [0.15, 0.2) is 34.8 Å². The fraction of sp³-hybridized carbons (Fsp3) is 0.188. The normalized spacial score (nSPS) is 11.3. The molecule has 9 heteroatoms. The molecule has 0 aliphatic rings. The zero-order valence-corrected chi connectivity index (χ0v) is 15.2. The Morgan fingerprint density at radius 1 is 1.28 bits per heavy atom. The lowest BCUT2D eigenvalue weighted by Crippen LogP contribution is -2.05. The maximum Gasteiger partial charge on any atom is 0.223 e. The number of aromatic nitrogens is 5. The first-order chi connectivity index (χ1) is 12.1. The van der Waals surface area contributed by atoms with E-state index in [1.807, 2.05) is 36.6 Å². The first kappa shape index (κ1) is 16.0. The predicted octanol–water partition coefficient (Wildman–Crippen LogP) is 3.29. The molecule has 25 heavy (non-hydrogen) atoms. The van der Waals surface area contributed by atoms with Crippen LogP contribution in [0.2, 0.25) is 0 Å². The van der Waals surface area contributed by atoms with Crippen LogP contribution in [0.5, 0.6) is 0 Å². The van der Waals surface area contributed by atoms with Crippen molar-refractivity contribution >= 4 is 50.7 Å². The van der Waals surface area contributed by atoms with Crippen molar-refractivity contribution in [3.8, 4) is 0 Å². The molecule has 4 rings (SSSR count). The second-order valence-electron chi connectivity index (χ2n) is 5.42. The molecular formula is C16H14N6OS2. The zero-order chi connectivity index (χ0) is 17.4. The van der Waals surface area contributed by atoms with Gasteiger partial charge in [-0.15, -0.1) is 16.4 Å². The average Bonchev–Trinajstić information content (AvgIpc) is 3.18. The molecule has 3 aromatic heterocycles. The van der Waals surface area contributed by atoms with Crippen molar-refractivity contribution in [2.45, 2.75) is 24.8 Å². The fourth-order valence-corrected chi connectivity index (χ4v) is 4.15. The van der Waals surface area contributed by atoms with Crippen molar-refractivity contribution in [3.63, 3.8) is 0 Å². The standard InChI is InChI=1S/C16H14N6OS2/c1-9-17-14-12-5-3-4-6-13(12)20-16(22(14)21-9)25-8-11-7-24-15(19-11)18-10(2)23/h3-7H,8H2,1-2H3,(H,18,19,23). The Morgan fingerprint density at radius 2 is 2.12 bits per heavy atom. The van der Waals surface area contributed by atoms with E-state index < -0.39 is 0 Å². The highest BCUT2D eigenvalue weighted by atomic mass is 32.2. The number of hydrogen-bond acceptors (Lipinski definition) is 7. The van der Waals surface area contributed by atoms with E-state index in [2.05, 4.69) is 20.4 Å². The van der Waals surface area contributed by atoms with E-state index in [1.54, 1.807) is 16.3 Å². The van der Waals surface area contributed by atoms with E-state index in [-0.39, 0.29) is 5.91 Å². The van der Waals surface area contributed by atoms with Gasteiger partial charge in [-0.1, -0.05) is 23.9 Å². The molecule has 0 spiro atoms. The Labute approximate surface area is 151 Å². The summed E-state index contributed by atoms with van der Waals surface area (Å²) in [6, 6.07) is 7.91. The van der Waals surface area contributed by atoms with Crippen molar-refractivity contribution in [1.82, 2.24) is 24.6 Å². The van der Waals surface area contributed by atoms with Crippen LogP contribution in [-0.4, -0.2) is 30.5 Å². The van der Waals surface area contributed by atoms with E-state index in [0.717, 1.165) is 27.4 Å². The molecule has 4 aromatic rings. The summed E-state index contributed by atoms with van der Waals surface area (Å²) in [4.78, 5) is 24.8. The monoisotopic (exact) mass is 370 g/mol. The van der Waals surface area contributed by atoms with Crippen molar-refractivity contribution in [2.75, 3.05) is 5.32 Å². The highest BCUT2D eigenvalue weighted by Crippen LogP contribution is 2.27. The number of para-hydroxylation sites is 1. The van der Waals surface area contributed by atoms with E-state index >= 15 is 0 Å². The number of carbonyl (C=O) groups excluding carboxylic acids is 1. The summed E-state index contributed by atoms with van der Waals surface area (Å²) in [7, 11) is 0. The number of nitrogens with one attached hydrogen (secondary N) is 1. The zero-order valence-electron chi connectivity index (χ0n) is 13.6. The molecule has 1 amide bonds. The molecule has 3 heterocycles. The van der Waals surface area contributed by atoms with Gasteiger partial charge in [0.1, 0.15) is 5.82 Å². The molecule has 1 N–H and O–H groups in total. The molecule has 0 radical (unpaired) electrons. The highest BCUT2D eigenvalue weighted by Gasteiger charge is 2.13. The quantitative estimate of drug-likeness (QED) is 0.438. The van der Waals surface area contributed by atoms with E-state index in [1.165, 1.54) is 18.3 Å². The summed E-state index contributed by atoms with van der Waals surface area (Å²) in [6.07, 6.45) is 0. The van der Waals surface area contributed by atoms with Crippen molar-refractivity contribution < 1.29 is 4.79 Å². The van der Waals surface area contributed by atoms with E-state index in [9.17, 15) is 4.79 Å². The number of carbonyl (C=O) groups is 1. The van der Waals surface area contributed by atoms with E-state index in [0.29, 0.717) is 16.7 Å². The summed E-state index contributed by atoms with van der Waals surface area (Å²) in [5.41, 5.74) is 2.59. The minimum atomic E-state index is -0.121. The van der Waals surface area contributed by atoms with Crippen LogP contribution < -0.4 is 5.32 Å². The predicted molar refractivity (Wildman–Crippen MR) is 99.0 cm³/mol. The number of aryl methyl sites for hydroxylation is 1. The molecule has 126 valence electrons. The molecule has 7 nitrogen and oxygen atoms in total. The van der Waals surface area contributed by atoms with E-state index in [4.69, 9.17) is 4.98 Å². The van der Waals surface area contributed by atoms with Gasteiger partial charge in [-0.25, -0.2) is 15.0 Å². The third-order valence-corrected chi connectivity index (χ3v) is 5.21. The number of benzene rings is 1. The molecule has 0 fully saturated rings. The number of nitrogens with zero attached hydrogens (tertiary/aromatic N) is 5. The summed E-state index contributed by atoms with van der Waals surface area (Å²) in [6.45, 7) is 3.34. The highest BCUT2D eigenvalue weighted by molar-refractivity contribution is 7.98. The second-order valence-corrected chi connectivity index (χ2v) is 7.22. The largest absolute Gasteiger partial charge is 0.302 e. The SMILES string of the molecule is CC(=O)Nc1nc(CSc2nc3ccccc3c3nc(C)nn23)cs1. The lowest BCUT2D eigenvalue weighted by atomic mass is 10.2. The Morgan fingerprint density at radius 3 is 2.96 bits per heavy atom. The molecule has 0 saturated carbocycles. The number of thioether (sulfide) groups is 1. The van der Waals surface area contributed by atoms with Gasteiger partial charge in [0.25, 0.3) is 0 Å². The van der Waals surface area contributed by atoms with Gasteiger partial charge in [-0.2, -0.15) is 4.52 Å². The smallest absolute Gasteiger partial charge is 0.223 e. The molecule has 1 aromatic carbocycles. The summed E-state index contributed by atoms with van der Waals surface area (Å²) < 4.78 is 1.78. The first-order valence-corrected chi connectivity index (χ1v) is 9.43. The van der Waals surface area contributed by atoms with Crippen LogP contribution in [0, 0.1) is 6.92 Å². The minimum Gasteiger partial charge on any atom is -0.302 e. The van der Waals surface area contributed by atoms with Gasteiger partial charge in [0.05, 0.1) is 11.2 Å². The second kappa shape index (κ2) is 6.41. The Balaban J connectivity index is 1.66. The van der Waals surface area contributed by atoms with Crippen molar-refractivity contribution in [2.24, 2.45) is 0 Å². The van der Waals surface area contributed by atoms with Gasteiger partial charge in [0.2, 0.25) is 5.91 Å². The van der Waals surface area contributed by atoms with Crippen LogP contribution in [-0.2, 0) is 10.5 Å². The number of amides is 1. The van der Waals surface area contributed by atoms with Gasteiger partial charge in [-0.05, 0) is 19.1 Å². The number of fused-ring (bicyclic) bond motifs is 3. The van der Waals surface area contributed by atoms with Crippen molar-refractivity contribution in [3.05, 3.63) is 41.2 Å². The molecular weight excluding hydrogens is 356 g/mol. The van der Waals surface area contributed by atoms with Gasteiger partial charge in [0, 0.05) is 23.4 Å². The molecule has 0 saturated heterocycles. The third kappa shape index (κ3) is 3.20. The number of anilines is 1. The maximum atomic E-state index is 11.1. The fourth-order valence-electron chi connectivity index (χ4n) is 2.45. The van der Waals surface area contributed by atoms with Crippen LogP contribution in [0.1, 0.15) is 18.4 Å². The third-order valence-electron chi connectivity index (χ3n) is 3.44. The topological polar surface area (TPSA) is 85.1 Å². The van der Waals surface area contributed by atoms with Crippen LogP contribution in [0.25, 0.3) is 16.6 Å². The van der Waals surface area contributed by atoms with Gasteiger partial charge in [-0.3, -0.25) is 4.79 Å². The van der Waals surface area contributed by atoms with Crippen LogP contribution >= 0.6 is 23.1 Å². The summed E-state index contributed by atoms with van der Waals surface area (Å²) in [5, 5.41) is 11.5. The average molecular weight is 370 g/mol. The molecule has 0 unspecified atom stereocenters. The minimum absolute atomic E-state index is 0.121. The maximum absolute atomic E-state index is 11.1. The Hall–Kier alpha value is -2.52. The van der Waals surface area contributed by atoms with Gasteiger partial charge >= 0.3 is 0 Å². The van der Waals surface area contributed by atoms with Gasteiger partial charge < -0.3 is 5.32 Å².